The monoisotopic (exact) mass is 544 g/mol. The van der Waals surface area contributed by atoms with E-state index in [1.54, 1.807) is 20.8 Å². The quantitative estimate of drug-likeness (QED) is 0.280. The molecular weight excluding hydrogens is 519 g/mol. The van der Waals surface area contributed by atoms with E-state index in [1.807, 2.05) is 27.7 Å². The highest BCUT2D eigenvalue weighted by molar-refractivity contribution is 7.92. The summed E-state index contributed by atoms with van der Waals surface area (Å²) in [4.78, 5) is 26.5. The second-order valence-corrected chi connectivity index (χ2v) is 11.5. The number of aromatic nitrogens is 3. The molecule has 4 rings (SSSR count). The molecule has 0 aliphatic rings. The summed E-state index contributed by atoms with van der Waals surface area (Å²) >= 11 is 12.5. The molecule has 0 bridgehead atoms. The Morgan fingerprint density at radius 3 is 2.22 bits per heavy atom. The van der Waals surface area contributed by atoms with Crippen LogP contribution in [0.15, 0.2) is 23.1 Å². The lowest BCUT2D eigenvalue weighted by Crippen LogP contribution is -2.20. The van der Waals surface area contributed by atoms with Crippen LogP contribution >= 0.6 is 23.2 Å². The molecule has 0 fully saturated rings. The number of nitrogens with one attached hydrogen (secondary N) is 2. The maximum atomic E-state index is 14.2. The molecule has 0 unspecified atom stereocenters. The fraction of sp³-hybridized carbons (Fsp3) is 0.269. The molecule has 188 valence electrons. The van der Waals surface area contributed by atoms with Crippen molar-refractivity contribution in [3.8, 4) is 0 Å². The number of pyridine rings is 2. The van der Waals surface area contributed by atoms with Gasteiger partial charge in [-0.05, 0) is 88.9 Å². The number of carbonyl (C=O) groups excluding carboxylic acids is 1. The van der Waals surface area contributed by atoms with Crippen molar-refractivity contribution in [2.45, 2.75) is 53.4 Å². The molecule has 0 radical (unpaired) electrons. The lowest BCUT2D eigenvalue weighted by atomic mass is 9.95. The van der Waals surface area contributed by atoms with Gasteiger partial charge in [-0.25, -0.2) is 18.4 Å². The number of sulfonamides is 1. The van der Waals surface area contributed by atoms with Crippen LogP contribution in [0.3, 0.4) is 0 Å². The number of anilines is 1. The Balaban J connectivity index is 1.97. The first kappa shape index (κ1) is 26.1. The van der Waals surface area contributed by atoms with Crippen LogP contribution in [0.2, 0.25) is 10.0 Å². The summed E-state index contributed by atoms with van der Waals surface area (Å²) in [6, 6.07) is 4.39. The maximum absolute atomic E-state index is 14.2. The Labute approximate surface area is 220 Å². The smallest absolute Gasteiger partial charge is 0.261 e. The van der Waals surface area contributed by atoms with Gasteiger partial charge in [-0.1, -0.05) is 23.2 Å². The highest BCUT2D eigenvalue weighted by Gasteiger charge is 2.29. The number of H-pyrrole nitrogens is 1. The van der Waals surface area contributed by atoms with Crippen molar-refractivity contribution >= 4 is 55.7 Å². The molecule has 7 nitrogen and oxygen atoms in total. The van der Waals surface area contributed by atoms with Crippen LogP contribution in [0, 0.1) is 48.5 Å². The van der Waals surface area contributed by atoms with Gasteiger partial charge in [0.25, 0.3) is 10.0 Å². The predicted molar refractivity (Wildman–Crippen MR) is 144 cm³/mol. The van der Waals surface area contributed by atoms with E-state index < -0.39 is 15.8 Å². The van der Waals surface area contributed by atoms with Gasteiger partial charge in [-0.2, -0.15) is 0 Å². The number of aromatic amines is 1. The van der Waals surface area contributed by atoms with Crippen LogP contribution in [-0.2, 0) is 10.0 Å². The zero-order chi connectivity index (χ0) is 26.7. The molecule has 1 aromatic carbocycles. The SMILES string of the molecule is Cc1cc(S(=O)(=O)Nc2c(C(=O)c3c(C)c(C)nc4[nH]c(C)c(C)c34)nc(C)c(Cl)c2C)ccc1Cl. The molecule has 0 amide bonds. The molecule has 0 saturated heterocycles. The van der Waals surface area contributed by atoms with E-state index in [2.05, 4.69) is 19.7 Å². The molecule has 4 aromatic rings. The number of hydrogen-bond acceptors (Lipinski definition) is 5. The van der Waals surface area contributed by atoms with E-state index in [4.69, 9.17) is 23.2 Å². The van der Waals surface area contributed by atoms with Gasteiger partial charge in [0, 0.05) is 27.4 Å². The zero-order valence-corrected chi connectivity index (χ0v) is 23.3. The molecule has 36 heavy (non-hydrogen) atoms. The number of hydrogen-bond donors (Lipinski definition) is 2. The van der Waals surface area contributed by atoms with Gasteiger partial charge < -0.3 is 4.98 Å². The van der Waals surface area contributed by atoms with Gasteiger partial charge in [0.15, 0.2) is 0 Å². The van der Waals surface area contributed by atoms with Crippen LogP contribution in [0.5, 0.6) is 0 Å². The van der Waals surface area contributed by atoms with Crippen molar-refractivity contribution in [1.82, 2.24) is 15.0 Å². The van der Waals surface area contributed by atoms with Crippen LogP contribution in [0.25, 0.3) is 11.0 Å². The van der Waals surface area contributed by atoms with Crippen LogP contribution in [0.1, 0.15) is 55.4 Å². The first-order valence-electron chi connectivity index (χ1n) is 11.2. The highest BCUT2D eigenvalue weighted by Crippen LogP contribution is 2.35. The van der Waals surface area contributed by atoms with E-state index in [0.717, 1.165) is 11.3 Å². The number of halogens is 2. The molecule has 3 heterocycles. The summed E-state index contributed by atoms with van der Waals surface area (Å²) in [5, 5.41) is 1.42. The molecule has 0 saturated carbocycles. The molecule has 0 atom stereocenters. The minimum atomic E-state index is -4.09. The van der Waals surface area contributed by atoms with Gasteiger partial charge in [0.05, 0.1) is 21.3 Å². The van der Waals surface area contributed by atoms with Crippen LogP contribution in [-0.4, -0.2) is 29.2 Å². The van der Waals surface area contributed by atoms with Gasteiger partial charge >= 0.3 is 0 Å². The topological polar surface area (TPSA) is 105 Å². The minimum Gasteiger partial charge on any atom is -0.343 e. The third-order valence-electron chi connectivity index (χ3n) is 6.58. The number of nitrogens with zero attached hydrogens (tertiary/aromatic N) is 2. The van der Waals surface area contributed by atoms with E-state index in [1.165, 1.54) is 18.2 Å². The normalized spacial score (nSPS) is 11.8. The van der Waals surface area contributed by atoms with Crippen molar-refractivity contribution in [2.75, 3.05) is 4.72 Å². The van der Waals surface area contributed by atoms with Crippen molar-refractivity contribution in [3.05, 3.63) is 78.8 Å². The highest BCUT2D eigenvalue weighted by atomic mass is 35.5. The third-order valence-corrected chi connectivity index (χ3v) is 8.91. The molecular formula is C26H26Cl2N4O3S. The van der Waals surface area contributed by atoms with Gasteiger partial charge in [-0.15, -0.1) is 0 Å². The van der Waals surface area contributed by atoms with Crippen molar-refractivity contribution in [3.63, 3.8) is 0 Å². The van der Waals surface area contributed by atoms with Gasteiger partial charge in [0.1, 0.15) is 11.3 Å². The Hall–Kier alpha value is -2.94. The molecule has 3 aromatic heterocycles. The van der Waals surface area contributed by atoms with Crippen molar-refractivity contribution in [1.29, 1.82) is 0 Å². The summed E-state index contributed by atoms with van der Waals surface area (Å²) < 4.78 is 29.3. The van der Waals surface area contributed by atoms with E-state index in [9.17, 15) is 13.2 Å². The number of carbonyl (C=O) groups is 1. The zero-order valence-electron chi connectivity index (χ0n) is 21.0. The second-order valence-electron chi connectivity index (χ2n) is 9.00. The molecule has 10 heteroatoms. The summed E-state index contributed by atoms with van der Waals surface area (Å²) in [7, 11) is -4.09. The third kappa shape index (κ3) is 4.27. The first-order valence-corrected chi connectivity index (χ1v) is 13.4. The molecule has 0 aliphatic carbocycles. The maximum Gasteiger partial charge on any atom is 0.261 e. The largest absolute Gasteiger partial charge is 0.343 e. The van der Waals surface area contributed by atoms with Gasteiger partial charge in [-0.3, -0.25) is 9.52 Å². The summed E-state index contributed by atoms with van der Waals surface area (Å²) in [5.41, 5.74) is 5.64. The second kappa shape index (κ2) is 9.18. The Morgan fingerprint density at radius 1 is 0.917 bits per heavy atom. The van der Waals surface area contributed by atoms with Crippen LogP contribution < -0.4 is 4.72 Å². The average molecular weight is 545 g/mol. The van der Waals surface area contributed by atoms with E-state index in [0.29, 0.717) is 49.7 Å². The van der Waals surface area contributed by atoms with Crippen molar-refractivity contribution < 1.29 is 13.2 Å². The Morgan fingerprint density at radius 2 is 1.58 bits per heavy atom. The predicted octanol–water partition coefficient (Wildman–Crippen LogP) is 6.46. The lowest BCUT2D eigenvalue weighted by Gasteiger charge is -2.18. The molecule has 0 spiro atoms. The summed E-state index contributed by atoms with van der Waals surface area (Å²) in [5.74, 6) is -0.419. The minimum absolute atomic E-state index is 0.00864. The summed E-state index contributed by atoms with van der Waals surface area (Å²) in [6.07, 6.45) is 0. The molecule has 2 N–H and O–H groups in total. The van der Waals surface area contributed by atoms with Gasteiger partial charge in [0.2, 0.25) is 5.78 Å². The molecule has 0 aliphatic heterocycles. The fourth-order valence-electron chi connectivity index (χ4n) is 4.21. The average Bonchev–Trinajstić information content (AvgIpc) is 3.09. The first-order chi connectivity index (χ1) is 16.7. The van der Waals surface area contributed by atoms with Crippen LogP contribution in [0.4, 0.5) is 5.69 Å². The lowest BCUT2D eigenvalue weighted by molar-refractivity contribution is 0.103. The number of rotatable bonds is 5. The Kier molecular flexibility index (Phi) is 6.66. The van der Waals surface area contributed by atoms with E-state index >= 15 is 0 Å². The number of fused-ring (bicyclic) bond motifs is 1. The standard InChI is InChI=1S/C26H26Cl2N4O3S/c1-11-10-18(8-9-19(11)27)36(34,35)32-23-14(4)22(28)17(7)29-24(23)25(33)20-12(2)15(5)30-26-21(20)13(3)16(6)31-26/h8-10,32H,1-7H3,(H,30,31). The fourth-order valence-corrected chi connectivity index (χ4v) is 5.68. The number of benzene rings is 1. The number of aryl methyl sites for hydroxylation is 5. The number of ketones is 1. The summed E-state index contributed by atoms with van der Waals surface area (Å²) in [6.45, 7) is 12.5. The van der Waals surface area contributed by atoms with E-state index in [-0.39, 0.29) is 21.3 Å². The Bertz CT molecular complexity index is 1690. The van der Waals surface area contributed by atoms with Crippen molar-refractivity contribution in [2.24, 2.45) is 0 Å².